The van der Waals surface area contributed by atoms with Gasteiger partial charge in [-0.2, -0.15) is 0 Å². The normalized spacial score (nSPS) is 0. The van der Waals surface area contributed by atoms with Crippen molar-refractivity contribution in [3.8, 4) is 0 Å². The summed E-state index contributed by atoms with van der Waals surface area (Å²) in [4.78, 5) is 0. The Labute approximate surface area is 67.3 Å². The van der Waals surface area contributed by atoms with Crippen LogP contribution in [0, 0.1) is 0 Å². The van der Waals surface area contributed by atoms with E-state index in [1.165, 1.54) is 0 Å². The van der Waals surface area contributed by atoms with Crippen molar-refractivity contribution in [2.24, 2.45) is 0 Å². The predicted molar refractivity (Wildman–Crippen MR) is 6.92 cm³/mol. The molecule has 0 bridgehead atoms. The van der Waals surface area contributed by atoms with Crippen molar-refractivity contribution < 1.29 is 58.0 Å². The third-order valence-electron chi connectivity index (χ3n) is 0. The minimum absolute atomic E-state index is 0. The maximum Gasteiger partial charge on any atom is 0 e. The van der Waals surface area contributed by atoms with Crippen LogP contribution in [0.4, 0.5) is 0 Å². The van der Waals surface area contributed by atoms with Crippen LogP contribution in [0.2, 0.25) is 0 Å². The molecule has 0 aliphatic heterocycles. The van der Waals surface area contributed by atoms with Crippen molar-refractivity contribution in [2.75, 3.05) is 0 Å². The zero-order valence-corrected chi connectivity index (χ0v) is 7.10. The van der Waals surface area contributed by atoms with Crippen molar-refractivity contribution >= 4 is 9.90 Å². The van der Waals surface area contributed by atoms with Gasteiger partial charge in [-0.1, -0.05) is 0 Å². The van der Waals surface area contributed by atoms with Gasteiger partial charge in [0.25, 0.3) is 0 Å². The quantitative estimate of drug-likeness (QED) is 0.425. The summed E-state index contributed by atoms with van der Waals surface area (Å²) in [5, 5.41) is 0. The van der Waals surface area contributed by atoms with Crippen LogP contribution in [-0.4, -0.2) is 0 Å². The van der Waals surface area contributed by atoms with Crippen LogP contribution in [0.1, 0.15) is 0 Å². The summed E-state index contributed by atoms with van der Waals surface area (Å²) in [5.74, 6) is 0. The summed E-state index contributed by atoms with van der Waals surface area (Å²) in [7, 11) is 0. The van der Waals surface area contributed by atoms with Crippen LogP contribution < -0.4 is 0 Å². The third kappa shape index (κ3) is 8.86. The van der Waals surface area contributed by atoms with Crippen molar-refractivity contribution in [1.82, 2.24) is 0 Å². The van der Waals surface area contributed by atoms with Crippen LogP contribution in [0.25, 0.3) is 0 Å². The standard InChI is InChI=1S/Ni.P.Pd.Pt. The van der Waals surface area contributed by atoms with Crippen LogP contribution in [0.3, 0.4) is 0 Å². The SMILES string of the molecule is [Ni].[P].[Pd].[Pt]. The molecule has 0 aromatic carbocycles. The summed E-state index contributed by atoms with van der Waals surface area (Å²) < 4.78 is 0. The van der Waals surface area contributed by atoms with Gasteiger partial charge < -0.3 is 0 Å². The molecule has 4 heavy (non-hydrogen) atoms. The zero-order chi connectivity index (χ0) is 0. The minimum atomic E-state index is 0. The van der Waals surface area contributed by atoms with Gasteiger partial charge in [-0.05, 0) is 0 Å². The van der Waals surface area contributed by atoms with Crippen LogP contribution in [0.15, 0.2) is 0 Å². The van der Waals surface area contributed by atoms with E-state index in [0.717, 1.165) is 0 Å². The molecule has 3 radical (unpaired) electrons. The molecule has 0 spiro atoms. The Bertz CT molecular complexity index is 8.00. The van der Waals surface area contributed by atoms with Crippen LogP contribution in [-0.2, 0) is 58.0 Å². The van der Waals surface area contributed by atoms with E-state index in [0.29, 0.717) is 0 Å². The van der Waals surface area contributed by atoms with Gasteiger partial charge in [-0.15, -0.1) is 0 Å². The molecule has 0 aromatic heterocycles. The van der Waals surface area contributed by atoms with Gasteiger partial charge in [0.15, 0.2) is 0 Å². The number of hydrogen-bond acceptors (Lipinski definition) is 0. The first-order valence-electron chi connectivity index (χ1n) is 0. The van der Waals surface area contributed by atoms with E-state index in [2.05, 4.69) is 0 Å². The molecule has 0 N–H and O–H groups in total. The molecule has 0 heterocycles. The molecule has 0 unspecified atom stereocenters. The van der Waals surface area contributed by atoms with Crippen molar-refractivity contribution in [3.63, 3.8) is 0 Å². The topological polar surface area (TPSA) is 0 Å². The Morgan fingerprint density at radius 3 is 1.00 bits per heavy atom. The van der Waals surface area contributed by atoms with E-state index < -0.39 is 0 Å². The first-order chi connectivity index (χ1) is 0. The Morgan fingerprint density at radius 1 is 1.00 bits per heavy atom. The maximum absolute atomic E-state index is 0. The second kappa shape index (κ2) is 18.6. The molecule has 0 saturated carbocycles. The van der Waals surface area contributed by atoms with Gasteiger partial charge in [0.05, 0.1) is 0 Å². The van der Waals surface area contributed by atoms with Gasteiger partial charge in [0, 0.05) is 67.9 Å². The fraction of sp³-hybridized carbons (Fsp3) is 0. The Kier molecular flexibility index (Phi) is 157. The summed E-state index contributed by atoms with van der Waals surface area (Å²) in [6, 6.07) is 0. The van der Waals surface area contributed by atoms with Gasteiger partial charge in [0.2, 0.25) is 0 Å². The van der Waals surface area contributed by atoms with Gasteiger partial charge in [-0.3, -0.25) is 0 Å². The molecular weight excluding hydrogens is 391 g/mol. The molecule has 0 rings (SSSR count). The van der Waals surface area contributed by atoms with E-state index in [4.69, 9.17) is 0 Å². The summed E-state index contributed by atoms with van der Waals surface area (Å²) in [6.07, 6.45) is 0. The van der Waals surface area contributed by atoms with E-state index in [-0.39, 0.29) is 67.9 Å². The van der Waals surface area contributed by atoms with E-state index >= 15 is 0 Å². The smallest absolute Gasteiger partial charge is 0 e. The van der Waals surface area contributed by atoms with Gasteiger partial charge >= 0.3 is 0 Å². The molecule has 4 heteroatoms. The summed E-state index contributed by atoms with van der Waals surface area (Å²) in [6.45, 7) is 0. The van der Waals surface area contributed by atoms with Gasteiger partial charge in [-0.25, -0.2) is 0 Å². The van der Waals surface area contributed by atoms with Crippen molar-refractivity contribution in [2.45, 2.75) is 0 Å². The fourth-order valence-corrected chi connectivity index (χ4v) is 0. The summed E-state index contributed by atoms with van der Waals surface area (Å²) >= 11 is 0. The van der Waals surface area contributed by atoms with Crippen molar-refractivity contribution in [3.05, 3.63) is 0 Å². The average molecular weight is 391 g/mol. The second-order valence-corrected chi connectivity index (χ2v) is 0. The first kappa shape index (κ1) is 33.7. The molecule has 0 nitrogen and oxygen atoms in total. The number of rotatable bonds is 0. The summed E-state index contributed by atoms with van der Waals surface area (Å²) in [5.41, 5.74) is 0. The molecule has 0 aliphatic rings. The molecule has 0 amide bonds. The molecule has 35 valence electrons. The van der Waals surface area contributed by atoms with E-state index in [1.54, 1.807) is 0 Å². The van der Waals surface area contributed by atoms with Crippen LogP contribution in [0.5, 0.6) is 0 Å². The molecule has 0 atom stereocenters. The fourth-order valence-electron chi connectivity index (χ4n) is 0. The largest absolute Gasteiger partial charge is 0 e. The van der Waals surface area contributed by atoms with Crippen LogP contribution >= 0.6 is 9.90 Å². The molecular formula is NiPPdPt. The minimum Gasteiger partial charge on any atom is 0 e. The monoisotopic (exact) mass is 390 g/mol. The zero-order valence-electron chi connectivity index (χ0n) is 1.40. The predicted octanol–water partition coefficient (Wildman–Crippen LogP) is 0.854. The Morgan fingerprint density at radius 2 is 1.00 bits per heavy atom. The van der Waals surface area contributed by atoms with E-state index in [9.17, 15) is 0 Å². The molecule has 0 saturated heterocycles. The molecule has 0 aromatic rings. The molecule has 0 fully saturated rings. The molecule has 0 aliphatic carbocycles. The van der Waals surface area contributed by atoms with E-state index in [1.807, 2.05) is 0 Å². The average Bonchev–Trinajstić information content (AvgIpc) is 0. The third-order valence-corrected chi connectivity index (χ3v) is 0. The maximum atomic E-state index is 0. The van der Waals surface area contributed by atoms with Gasteiger partial charge in [0.1, 0.15) is 0 Å². The number of hydrogen-bond donors (Lipinski definition) is 0. The van der Waals surface area contributed by atoms with Crippen molar-refractivity contribution in [1.29, 1.82) is 0 Å². The first-order valence-corrected chi connectivity index (χ1v) is 0. The Hall–Kier alpha value is 2.27. The second-order valence-electron chi connectivity index (χ2n) is 0. The Balaban J connectivity index is 0.